The lowest BCUT2D eigenvalue weighted by Gasteiger charge is -2.41. The zero-order valence-electron chi connectivity index (χ0n) is 19.1. The molecule has 0 bridgehead atoms. The molecule has 0 aliphatic carbocycles. The van der Waals surface area contributed by atoms with Crippen molar-refractivity contribution >= 4 is 29.8 Å². The first-order chi connectivity index (χ1) is 14.6. The summed E-state index contributed by atoms with van der Waals surface area (Å²) in [4.78, 5) is 6.94. The molecule has 2 aromatic carbocycles. The maximum absolute atomic E-state index is 6.35. The van der Waals surface area contributed by atoms with Gasteiger partial charge in [-0.1, -0.05) is 50.2 Å². The summed E-state index contributed by atoms with van der Waals surface area (Å²) in [5.41, 5.74) is 4.97. The Morgan fingerprint density at radius 2 is 1.39 bits per heavy atom. The second-order valence-electron chi connectivity index (χ2n) is 10.0. The van der Waals surface area contributed by atoms with Crippen LogP contribution in [0.2, 0.25) is 0 Å². The van der Waals surface area contributed by atoms with E-state index in [-0.39, 0.29) is 16.6 Å². The normalized spacial score (nSPS) is 20.3. The molecule has 0 radical (unpaired) electrons. The summed E-state index contributed by atoms with van der Waals surface area (Å²) in [6, 6.07) is 21.2. The number of benzene rings is 2. The lowest BCUT2D eigenvalue weighted by atomic mass is 9.70. The van der Waals surface area contributed by atoms with Crippen LogP contribution in [0, 0.1) is 0 Å². The molecule has 1 fully saturated rings. The summed E-state index contributed by atoms with van der Waals surface area (Å²) in [5.74, 6) is 0.901. The van der Waals surface area contributed by atoms with Crippen molar-refractivity contribution in [2.45, 2.75) is 58.2 Å². The highest BCUT2D eigenvalue weighted by molar-refractivity contribution is 6.62. The first kappa shape index (κ1) is 20.3. The van der Waals surface area contributed by atoms with Crippen LogP contribution < -0.4 is 10.4 Å². The van der Waals surface area contributed by atoms with E-state index >= 15 is 0 Å². The second kappa shape index (κ2) is 6.68. The molecule has 0 saturated carbocycles. The molecule has 0 atom stereocenters. The average Bonchev–Trinajstić information content (AvgIpc) is 2.96. The lowest BCUT2D eigenvalue weighted by Crippen LogP contribution is -2.41. The van der Waals surface area contributed by atoms with Crippen molar-refractivity contribution in [1.82, 2.24) is 4.98 Å². The Balaban J connectivity index is 1.69. The van der Waals surface area contributed by atoms with E-state index in [0.29, 0.717) is 0 Å². The summed E-state index contributed by atoms with van der Waals surface area (Å²) < 4.78 is 12.7. The van der Waals surface area contributed by atoms with Gasteiger partial charge in [0.05, 0.1) is 22.6 Å². The SMILES string of the molecule is CC1(C)c2ccccc2N(c2ccccn2)c2cc(B3OC(C)(C)C(C)(C)O3)ccc21. The van der Waals surface area contributed by atoms with Crippen molar-refractivity contribution in [1.29, 1.82) is 0 Å². The Kier molecular flexibility index (Phi) is 4.37. The predicted molar refractivity (Wildman–Crippen MR) is 127 cm³/mol. The number of para-hydroxylation sites is 1. The van der Waals surface area contributed by atoms with Crippen molar-refractivity contribution in [3.8, 4) is 0 Å². The molecule has 2 aliphatic heterocycles. The summed E-state index contributed by atoms with van der Waals surface area (Å²) in [5, 5.41) is 0. The highest BCUT2D eigenvalue weighted by Crippen LogP contribution is 2.51. The van der Waals surface area contributed by atoms with Gasteiger partial charge in [0.1, 0.15) is 5.82 Å². The molecule has 1 saturated heterocycles. The van der Waals surface area contributed by atoms with E-state index in [1.54, 1.807) is 0 Å². The molecule has 31 heavy (non-hydrogen) atoms. The molecule has 3 heterocycles. The van der Waals surface area contributed by atoms with Gasteiger partial charge in [-0.25, -0.2) is 4.98 Å². The van der Waals surface area contributed by atoms with E-state index < -0.39 is 7.12 Å². The monoisotopic (exact) mass is 412 g/mol. The first-order valence-corrected chi connectivity index (χ1v) is 10.9. The van der Waals surface area contributed by atoms with Gasteiger partial charge in [0.25, 0.3) is 0 Å². The minimum Gasteiger partial charge on any atom is -0.399 e. The number of hydrogen-bond acceptors (Lipinski definition) is 4. The van der Waals surface area contributed by atoms with Gasteiger partial charge in [-0.3, -0.25) is 4.90 Å². The first-order valence-electron chi connectivity index (χ1n) is 10.9. The Hall–Kier alpha value is -2.63. The Morgan fingerprint density at radius 1 is 0.742 bits per heavy atom. The zero-order chi connectivity index (χ0) is 22.0. The van der Waals surface area contributed by atoms with Gasteiger partial charge in [-0.05, 0) is 68.6 Å². The standard InChI is InChI=1S/C26H29BN2O2/c1-24(2)19-11-7-8-12-21(19)29(23-13-9-10-16-28-23)22-17-18(14-15-20(22)24)27-30-25(3,4)26(5,6)31-27/h7-17H,1-6H3. The Morgan fingerprint density at radius 3 is 2.06 bits per heavy atom. The number of anilines is 3. The highest BCUT2D eigenvalue weighted by Gasteiger charge is 2.52. The summed E-state index contributed by atoms with van der Waals surface area (Å²) >= 11 is 0. The van der Waals surface area contributed by atoms with Crippen LogP contribution in [-0.2, 0) is 14.7 Å². The number of rotatable bonds is 2. The Bertz CT molecular complexity index is 1130. The molecule has 5 heteroatoms. The van der Waals surface area contributed by atoms with Gasteiger partial charge in [0, 0.05) is 11.6 Å². The molecule has 5 rings (SSSR count). The van der Waals surface area contributed by atoms with E-state index in [4.69, 9.17) is 9.31 Å². The molecule has 4 nitrogen and oxygen atoms in total. The second-order valence-corrected chi connectivity index (χ2v) is 10.0. The fourth-order valence-electron chi connectivity index (χ4n) is 4.59. The van der Waals surface area contributed by atoms with Crippen LogP contribution in [0.5, 0.6) is 0 Å². The zero-order valence-corrected chi connectivity index (χ0v) is 19.1. The van der Waals surface area contributed by atoms with Gasteiger partial charge >= 0.3 is 7.12 Å². The third-order valence-electron chi connectivity index (χ3n) is 7.16. The summed E-state index contributed by atoms with van der Waals surface area (Å²) in [6.45, 7) is 12.9. The quantitative estimate of drug-likeness (QED) is 0.522. The van der Waals surface area contributed by atoms with Crippen LogP contribution in [0.4, 0.5) is 17.2 Å². The molecule has 0 N–H and O–H groups in total. The van der Waals surface area contributed by atoms with Crippen LogP contribution in [-0.4, -0.2) is 23.3 Å². The fourth-order valence-corrected chi connectivity index (χ4v) is 4.59. The van der Waals surface area contributed by atoms with Crippen molar-refractivity contribution in [2.24, 2.45) is 0 Å². The van der Waals surface area contributed by atoms with Gasteiger partial charge in [0.2, 0.25) is 0 Å². The minimum absolute atomic E-state index is 0.133. The molecule has 1 aromatic heterocycles. The minimum atomic E-state index is -0.402. The molecular formula is C26H29BN2O2. The maximum atomic E-state index is 6.35. The number of aromatic nitrogens is 1. The smallest absolute Gasteiger partial charge is 0.399 e. The number of pyridine rings is 1. The lowest BCUT2D eigenvalue weighted by molar-refractivity contribution is 0.00578. The summed E-state index contributed by atoms with van der Waals surface area (Å²) in [7, 11) is -0.402. The predicted octanol–water partition coefficient (Wildman–Crippen LogP) is 5.49. The van der Waals surface area contributed by atoms with Gasteiger partial charge in [-0.15, -0.1) is 0 Å². The van der Waals surface area contributed by atoms with Gasteiger partial charge in [-0.2, -0.15) is 0 Å². The molecular weight excluding hydrogens is 383 g/mol. The highest BCUT2D eigenvalue weighted by atomic mass is 16.7. The number of fused-ring (bicyclic) bond motifs is 2. The van der Waals surface area contributed by atoms with Crippen LogP contribution in [0.3, 0.4) is 0 Å². The van der Waals surface area contributed by atoms with E-state index in [1.165, 1.54) is 11.1 Å². The molecule has 2 aliphatic rings. The molecule has 158 valence electrons. The molecule has 3 aromatic rings. The van der Waals surface area contributed by atoms with Crippen LogP contribution in [0.25, 0.3) is 0 Å². The van der Waals surface area contributed by atoms with Crippen molar-refractivity contribution in [3.63, 3.8) is 0 Å². The van der Waals surface area contributed by atoms with Gasteiger partial charge in [0.15, 0.2) is 0 Å². The van der Waals surface area contributed by atoms with Crippen molar-refractivity contribution in [3.05, 3.63) is 78.0 Å². The molecule has 0 spiro atoms. The van der Waals surface area contributed by atoms with E-state index in [0.717, 1.165) is 22.7 Å². The molecule has 0 amide bonds. The summed E-state index contributed by atoms with van der Waals surface area (Å²) in [6.07, 6.45) is 1.84. The largest absolute Gasteiger partial charge is 0.494 e. The van der Waals surface area contributed by atoms with E-state index in [2.05, 4.69) is 100.0 Å². The number of nitrogens with zero attached hydrogens (tertiary/aromatic N) is 2. The third-order valence-corrected chi connectivity index (χ3v) is 7.16. The topological polar surface area (TPSA) is 34.6 Å². The third kappa shape index (κ3) is 3.02. The van der Waals surface area contributed by atoms with E-state index in [1.807, 2.05) is 18.3 Å². The van der Waals surface area contributed by atoms with Crippen LogP contribution >= 0.6 is 0 Å². The number of hydrogen-bond donors (Lipinski definition) is 0. The van der Waals surface area contributed by atoms with Crippen molar-refractivity contribution < 1.29 is 9.31 Å². The van der Waals surface area contributed by atoms with E-state index in [9.17, 15) is 0 Å². The van der Waals surface area contributed by atoms with Gasteiger partial charge < -0.3 is 9.31 Å². The molecule has 0 unspecified atom stereocenters. The maximum Gasteiger partial charge on any atom is 0.494 e. The Labute approximate surface area is 185 Å². The van der Waals surface area contributed by atoms with Crippen LogP contribution in [0.1, 0.15) is 52.7 Å². The average molecular weight is 412 g/mol. The van der Waals surface area contributed by atoms with Crippen molar-refractivity contribution in [2.75, 3.05) is 4.90 Å². The fraction of sp³-hybridized carbons (Fsp3) is 0.346. The van der Waals surface area contributed by atoms with Crippen LogP contribution in [0.15, 0.2) is 66.9 Å².